The fraction of sp³-hybridized carbons (Fsp3) is 0.133. The average Bonchev–Trinajstić information content (AvgIpc) is 2.47. The molecule has 0 aliphatic rings. The zero-order valence-electron chi connectivity index (χ0n) is 10.7. The van der Waals surface area contributed by atoms with E-state index < -0.39 is 0 Å². The van der Waals surface area contributed by atoms with Crippen LogP contribution in [0, 0.1) is 0 Å². The highest BCUT2D eigenvalue weighted by molar-refractivity contribution is 6.04. The highest BCUT2D eigenvalue weighted by Gasteiger charge is 2.08. The van der Waals surface area contributed by atoms with Crippen LogP contribution in [-0.2, 0) is 6.54 Å². The lowest BCUT2D eigenvalue weighted by Crippen LogP contribution is -2.14. The van der Waals surface area contributed by atoms with E-state index in [1.54, 1.807) is 31.4 Å². The van der Waals surface area contributed by atoms with E-state index in [-0.39, 0.29) is 5.91 Å². The highest BCUT2D eigenvalue weighted by Crippen LogP contribution is 2.17. The standard InChI is InChI=1S/C15H16N2O2/c1-19-13-7-4-6-11(9-13)15(18)17-14-8-3-2-5-12(14)10-16/h2-9H,10,16H2,1H3,(H,17,18). The van der Waals surface area contributed by atoms with Crippen LogP contribution in [0.2, 0.25) is 0 Å². The van der Waals surface area contributed by atoms with Gasteiger partial charge in [0.25, 0.3) is 5.91 Å². The van der Waals surface area contributed by atoms with Gasteiger partial charge in [0, 0.05) is 17.8 Å². The van der Waals surface area contributed by atoms with Gasteiger partial charge >= 0.3 is 0 Å². The first kappa shape index (κ1) is 13.1. The number of carbonyl (C=O) groups excluding carboxylic acids is 1. The second kappa shape index (κ2) is 6.02. The molecule has 0 radical (unpaired) electrons. The Kier molecular flexibility index (Phi) is 4.15. The summed E-state index contributed by atoms with van der Waals surface area (Å²) >= 11 is 0. The molecule has 0 fully saturated rings. The summed E-state index contributed by atoms with van der Waals surface area (Å²) in [6.07, 6.45) is 0. The lowest BCUT2D eigenvalue weighted by atomic mass is 10.1. The second-order valence-corrected chi connectivity index (χ2v) is 4.05. The first-order valence-electron chi connectivity index (χ1n) is 5.98. The first-order chi connectivity index (χ1) is 9.24. The van der Waals surface area contributed by atoms with Gasteiger partial charge in [0.05, 0.1) is 7.11 Å². The molecule has 0 saturated heterocycles. The summed E-state index contributed by atoms with van der Waals surface area (Å²) in [6, 6.07) is 14.5. The number of benzene rings is 2. The molecule has 0 bridgehead atoms. The molecule has 4 nitrogen and oxygen atoms in total. The van der Waals surface area contributed by atoms with Crippen molar-refractivity contribution in [2.45, 2.75) is 6.54 Å². The van der Waals surface area contributed by atoms with Gasteiger partial charge in [-0.1, -0.05) is 24.3 Å². The van der Waals surface area contributed by atoms with Gasteiger partial charge in [0.15, 0.2) is 0 Å². The van der Waals surface area contributed by atoms with Crippen molar-refractivity contribution in [2.75, 3.05) is 12.4 Å². The van der Waals surface area contributed by atoms with Crippen LogP contribution in [0.15, 0.2) is 48.5 Å². The van der Waals surface area contributed by atoms with Crippen LogP contribution in [0.25, 0.3) is 0 Å². The Bertz CT molecular complexity index is 582. The summed E-state index contributed by atoms with van der Waals surface area (Å²) in [5.41, 5.74) is 7.82. The van der Waals surface area contributed by atoms with Gasteiger partial charge < -0.3 is 15.8 Å². The molecule has 1 amide bonds. The Morgan fingerprint density at radius 3 is 2.74 bits per heavy atom. The summed E-state index contributed by atoms with van der Waals surface area (Å²) in [4.78, 5) is 12.1. The third kappa shape index (κ3) is 3.11. The summed E-state index contributed by atoms with van der Waals surface area (Å²) < 4.78 is 5.10. The molecule has 98 valence electrons. The molecule has 2 aromatic rings. The van der Waals surface area contributed by atoms with Crippen molar-refractivity contribution in [1.82, 2.24) is 0 Å². The van der Waals surface area contributed by atoms with Gasteiger partial charge in [0.1, 0.15) is 5.75 Å². The molecule has 0 aromatic heterocycles. The first-order valence-corrected chi connectivity index (χ1v) is 5.98. The number of rotatable bonds is 4. The van der Waals surface area contributed by atoms with Gasteiger partial charge in [0.2, 0.25) is 0 Å². The molecule has 0 heterocycles. The third-order valence-electron chi connectivity index (χ3n) is 2.82. The third-order valence-corrected chi connectivity index (χ3v) is 2.82. The molecule has 19 heavy (non-hydrogen) atoms. The Morgan fingerprint density at radius 1 is 1.21 bits per heavy atom. The number of nitrogens with two attached hydrogens (primary N) is 1. The van der Waals surface area contributed by atoms with Crippen molar-refractivity contribution < 1.29 is 9.53 Å². The maximum Gasteiger partial charge on any atom is 0.255 e. The van der Waals surface area contributed by atoms with Crippen LogP contribution in [0.4, 0.5) is 5.69 Å². The molecule has 0 atom stereocenters. The number of carbonyl (C=O) groups is 1. The van der Waals surface area contributed by atoms with Gasteiger partial charge in [-0.2, -0.15) is 0 Å². The predicted molar refractivity (Wildman–Crippen MR) is 75.3 cm³/mol. The Balaban J connectivity index is 2.20. The predicted octanol–water partition coefficient (Wildman–Crippen LogP) is 2.41. The van der Waals surface area contributed by atoms with E-state index in [1.807, 2.05) is 24.3 Å². The highest BCUT2D eigenvalue weighted by atomic mass is 16.5. The summed E-state index contributed by atoms with van der Waals surface area (Å²) in [6.45, 7) is 0.383. The fourth-order valence-corrected chi connectivity index (χ4v) is 1.78. The van der Waals surface area contributed by atoms with E-state index in [2.05, 4.69) is 5.32 Å². The monoisotopic (exact) mass is 256 g/mol. The summed E-state index contributed by atoms with van der Waals surface area (Å²) in [7, 11) is 1.57. The molecule has 4 heteroatoms. The number of amides is 1. The molecule has 2 aromatic carbocycles. The van der Waals surface area contributed by atoms with Crippen molar-refractivity contribution in [3.63, 3.8) is 0 Å². The van der Waals surface area contributed by atoms with E-state index >= 15 is 0 Å². The molecular formula is C15H16N2O2. The number of nitrogens with one attached hydrogen (secondary N) is 1. The van der Waals surface area contributed by atoms with Crippen molar-refractivity contribution in [3.8, 4) is 5.75 Å². The molecule has 0 spiro atoms. The number of ether oxygens (including phenoxy) is 1. The lowest BCUT2D eigenvalue weighted by Gasteiger charge is -2.10. The van der Waals surface area contributed by atoms with Gasteiger partial charge in [-0.25, -0.2) is 0 Å². The lowest BCUT2D eigenvalue weighted by molar-refractivity contribution is 0.102. The SMILES string of the molecule is COc1cccc(C(=O)Nc2ccccc2CN)c1. The Morgan fingerprint density at radius 2 is 2.00 bits per heavy atom. The Labute approximate surface area is 112 Å². The quantitative estimate of drug-likeness (QED) is 0.883. The van der Waals surface area contributed by atoms with Crippen molar-refractivity contribution in [1.29, 1.82) is 0 Å². The minimum Gasteiger partial charge on any atom is -0.497 e. The van der Waals surface area contributed by atoms with E-state index in [1.165, 1.54) is 0 Å². The topological polar surface area (TPSA) is 64.3 Å². The number of anilines is 1. The van der Waals surface area contributed by atoms with Gasteiger partial charge in [-0.15, -0.1) is 0 Å². The van der Waals surface area contributed by atoms with Crippen LogP contribution >= 0.6 is 0 Å². The number of methoxy groups -OCH3 is 1. The van der Waals surface area contributed by atoms with E-state index in [0.29, 0.717) is 17.9 Å². The van der Waals surface area contributed by atoms with Crippen LogP contribution in [0.1, 0.15) is 15.9 Å². The zero-order chi connectivity index (χ0) is 13.7. The minimum absolute atomic E-state index is 0.181. The van der Waals surface area contributed by atoms with Crippen molar-refractivity contribution in [2.24, 2.45) is 5.73 Å². The zero-order valence-corrected chi connectivity index (χ0v) is 10.7. The van der Waals surface area contributed by atoms with Crippen molar-refractivity contribution >= 4 is 11.6 Å². The second-order valence-electron chi connectivity index (χ2n) is 4.05. The van der Waals surface area contributed by atoms with Crippen molar-refractivity contribution in [3.05, 3.63) is 59.7 Å². The summed E-state index contributed by atoms with van der Waals surface area (Å²) in [5.74, 6) is 0.472. The molecular weight excluding hydrogens is 240 g/mol. The van der Waals surface area contributed by atoms with E-state index in [0.717, 1.165) is 11.3 Å². The minimum atomic E-state index is -0.181. The molecule has 0 aliphatic carbocycles. The maximum absolute atomic E-state index is 12.1. The van der Waals surface area contributed by atoms with E-state index in [9.17, 15) is 4.79 Å². The van der Waals surface area contributed by atoms with Crippen LogP contribution < -0.4 is 15.8 Å². The normalized spacial score (nSPS) is 10.0. The number of hydrogen-bond acceptors (Lipinski definition) is 3. The van der Waals surface area contributed by atoms with Crippen LogP contribution in [0.3, 0.4) is 0 Å². The van der Waals surface area contributed by atoms with E-state index in [4.69, 9.17) is 10.5 Å². The van der Waals surface area contributed by atoms with Gasteiger partial charge in [-0.05, 0) is 29.8 Å². The molecule has 0 unspecified atom stereocenters. The summed E-state index contributed by atoms with van der Waals surface area (Å²) in [5, 5.41) is 2.85. The fourth-order valence-electron chi connectivity index (χ4n) is 1.78. The van der Waals surface area contributed by atoms with Gasteiger partial charge in [-0.3, -0.25) is 4.79 Å². The number of para-hydroxylation sites is 1. The molecule has 3 N–H and O–H groups in total. The average molecular weight is 256 g/mol. The number of hydrogen-bond donors (Lipinski definition) is 2. The maximum atomic E-state index is 12.1. The molecule has 2 rings (SSSR count). The molecule has 0 aliphatic heterocycles. The Hall–Kier alpha value is -2.33. The largest absolute Gasteiger partial charge is 0.497 e. The van der Waals surface area contributed by atoms with Crippen LogP contribution in [-0.4, -0.2) is 13.0 Å². The van der Waals surface area contributed by atoms with Crippen LogP contribution in [0.5, 0.6) is 5.75 Å². The smallest absolute Gasteiger partial charge is 0.255 e. The molecule has 0 saturated carbocycles.